The van der Waals surface area contributed by atoms with Crippen LogP contribution in [0.25, 0.3) is 32.8 Å². The molecule has 0 amide bonds. The minimum Gasteiger partial charge on any atom is -0.508 e. The number of piperidine rings is 1. The molecule has 2 bridgehead atoms. The predicted molar refractivity (Wildman–Crippen MR) is 159 cm³/mol. The van der Waals surface area contributed by atoms with Crippen LogP contribution in [0.4, 0.5) is 5.82 Å². The van der Waals surface area contributed by atoms with E-state index in [1.165, 1.54) is 58.0 Å². The van der Waals surface area contributed by atoms with Crippen molar-refractivity contribution in [3.63, 3.8) is 0 Å². The fraction of sp³-hybridized carbons (Fsp3) is 0.455. The highest BCUT2D eigenvalue weighted by Gasteiger charge is 2.43. The standard InChI is InChI=1S/C33H37N5O2/c39-26-16-22-6-1-2-7-27(22)29(18-26)23-8-11-28-30(17-23)35-32(36-31(28)37-19-24-9-10-25(20-37)34-24)40-21-33-12-3-4-14-38(33)15-5-13-33/h1-2,6-8,11,16-18,24-25,34,39H,3-5,9-10,12-15,19-21H2/t24-,25+,33?. The van der Waals surface area contributed by atoms with E-state index in [9.17, 15) is 5.11 Å². The molecule has 4 saturated heterocycles. The SMILES string of the molecule is Oc1cc(-c2ccc3c(N4C[C@H]5CC[C@@H](C4)N5)nc(OCC45CCCCN4CCC5)nc3c2)c2ccccc2c1. The van der Waals surface area contributed by atoms with Gasteiger partial charge in [-0.05, 0) is 97.8 Å². The Balaban J connectivity index is 1.21. The van der Waals surface area contributed by atoms with Crippen molar-refractivity contribution in [2.45, 2.75) is 62.6 Å². The van der Waals surface area contributed by atoms with E-state index in [0.29, 0.717) is 24.7 Å². The number of rotatable bonds is 5. The van der Waals surface area contributed by atoms with E-state index in [2.05, 4.69) is 39.4 Å². The van der Waals surface area contributed by atoms with Crippen LogP contribution >= 0.6 is 0 Å². The van der Waals surface area contributed by atoms with Gasteiger partial charge in [0, 0.05) is 30.6 Å². The van der Waals surface area contributed by atoms with Gasteiger partial charge in [-0.2, -0.15) is 9.97 Å². The normalized spacial score (nSPS) is 26.4. The predicted octanol–water partition coefficient (Wildman–Crippen LogP) is 5.49. The van der Waals surface area contributed by atoms with Crippen LogP contribution in [0.3, 0.4) is 0 Å². The number of hydrogen-bond donors (Lipinski definition) is 2. The Bertz CT molecular complexity index is 1580. The molecule has 40 heavy (non-hydrogen) atoms. The topological polar surface area (TPSA) is 73.8 Å². The Kier molecular flexibility index (Phi) is 5.85. The van der Waals surface area contributed by atoms with Gasteiger partial charge in [-0.1, -0.05) is 36.8 Å². The van der Waals surface area contributed by atoms with Crippen molar-refractivity contribution in [1.29, 1.82) is 0 Å². The second-order valence-corrected chi connectivity index (χ2v) is 12.4. The number of fused-ring (bicyclic) bond motifs is 5. The minimum absolute atomic E-state index is 0.132. The van der Waals surface area contributed by atoms with Crippen molar-refractivity contribution >= 4 is 27.5 Å². The van der Waals surface area contributed by atoms with Gasteiger partial charge >= 0.3 is 6.01 Å². The summed E-state index contributed by atoms with van der Waals surface area (Å²) in [5.41, 5.74) is 3.06. The third kappa shape index (κ3) is 4.18. The molecule has 2 N–H and O–H groups in total. The fourth-order valence-electron chi connectivity index (χ4n) is 7.89. The van der Waals surface area contributed by atoms with E-state index >= 15 is 0 Å². The molecule has 1 unspecified atom stereocenters. The molecule has 4 fully saturated rings. The maximum Gasteiger partial charge on any atom is 0.319 e. The van der Waals surface area contributed by atoms with Crippen LogP contribution < -0.4 is 15.0 Å². The first-order valence-corrected chi connectivity index (χ1v) is 15.1. The Morgan fingerprint density at radius 2 is 1.73 bits per heavy atom. The monoisotopic (exact) mass is 535 g/mol. The van der Waals surface area contributed by atoms with E-state index in [1.54, 1.807) is 0 Å². The van der Waals surface area contributed by atoms with Crippen LogP contribution in [0.15, 0.2) is 54.6 Å². The molecule has 3 atom stereocenters. The number of phenols is 1. The molecule has 7 heteroatoms. The van der Waals surface area contributed by atoms with Gasteiger partial charge in [0.1, 0.15) is 18.2 Å². The maximum absolute atomic E-state index is 10.5. The van der Waals surface area contributed by atoms with Crippen LogP contribution in [0.1, 0.15) is 44.9 Å². The number of benzene rings is 3. The van der Waals surface area contributed by atoms with Crippen LogP contribution in [0, 0.1) is 0 Å². The van der Waals surface area contributed by atoms with E-state index in [-0.39, 0.29) is 11.3 Å². The molecule has 0 saturated carbocycles. The molecule has 4 aromatic rings. The summed E-state index contributed by atoms with van der Waals surface area (Å²) < 4.78 is 6.55. The highest BCUT2D eigenvalue weighted by atomic mass is 16.5. The summed E-state index contributed by atoms with van der Waals surface area (Å²) in [4.78, 5) is 15.2. The molecular formula is C33H37N5O2. The van der Waals surface area contributed by atoms with Gasteiger partial charge in [0.15, 0.2) is 0 Å². The fourth-order valence-corrected chi connectivity index (χ4v) is 7.89. The summed E-state index contributed by atoms with van der Waals surface area (Å²) in [6.07, 6.45) is 8.65. The first kappa shape index (κ1) is 24.4. The molecule has 0 radical (unpaired) electrons. The van der Waals surface area contributed by atoms with Crippen molar-refractivity contribution < 1.29 is 9.84 Å². The molecule has 1 aromatic heterocycles. The molecule has 4 aliphatic heterocycles. The van der Waals surface area contributed by atoms with Crippen molar-refractivity contribution in [3.8, 4) is 22.9 Å². The Labute approximate surface area is 235 Å². The zero-order valence-electron chi connectivity index (χ0n) is 23.0. The summed E-state index contributed by atoms with van der Waals surface area (Å²) in [5.74, 6) is 1.25. The second kappa shape index (κ2) is 9.60. The quantitative estimate of drug-likeness (QED) is 0.350. The average molecular weight is 536 g/mol. The van der Waals surface area contributed by atoms with Crippen molar-refractivity contribution in [1.82, 2.24) is 20.2 Å². The van der Waals surface area contributed by atoms with Gasteiger partial charge in [-0.25, -0.2) is 0 Å². The summed E-state index contributed by atoms with van der Waals surface area (Å²) in [7, 11) is 0. The van der Waals surface area contributed by atoms with Gasteiger partial charge in [-0.3, -0.25) is 4.90 Å². The van der Waals surface area contributed by atoms with Crippen LogP contribution in [-0.2, 0) is 0 Å². The summed E-state index contributed by atoms with van der Waals surface area (Å²) in [5, 5.41) is 17.4. The molecule has 5 heterocycles. The van der Waals surface area contributed by atoms with Gasteiger partial charge < -0.3 is 20.1 Å². The lowest BCUT2D eigenvalue weighted by Crippen LogP contribution is -2.52. The lowest BCUT2D eigenvalue weighted by molar-refractivity contribution is 0.0388. The Morgan fingerprint density at radius 1 is 0.900 bits per heavy atom. The third-order valence-electron chi connectivity index (χ3n) is 9.86. The molecule has 7 nitrogen and oxygen atoms in total. The molecule has 8 rings (SSSR count). The van der Waals surface area contributed by atoms with E-state index in [1.807, 2.05) is 30.3 Å². The first-order valence-electron chi connectivity index (χ1n) is 15.1. The van der Waals surface area contributed by atoms with E-state index in [0.717, 1.165) is 51.7 Å². The number of hydrogen-bond acceptors (Lipinski definition) is 7. The summed E-state index contributed by atoms with van der Waals surface area (Å²) in [6, 6.07) is 19.8. The number of phenolic OH excluding ortho intramolecular Hbond substituents is 1. The lowest BCUT2D eigenvalue weighted by atomic mass is 9.87. The van der Waals surface area contributed by atoms with Gasteiger partial charge in [-0.15, -0.1) is 0 Å². The third-order valence-corrected chi connectivity index (χ3v) is 9.86. The highest BCUT2D eigenvalue weighted by Crippen LogP contribution is 2.39. The van der Waals surface area contributed by atoms with E-state index < -0.39 is 0 Å². The molecule has 0 aliphatic carbocycles. The van der Waals surface area contributed by atoms with Crippen LogP contribution in [0.2, 0.25) is 0 Å². The summed E-state index contributed by atoms with van der Waals surface area (Å²) >= 11 is 0. The number of nitrogens with zero attached hydrogens (tertiary/aromatic N) is 4. The first-order chi connectivity index (χ1) is 19.6. The zero-order chi connectivity index (χ0) is 26.7. The molecule has 206 valence electrons. The molecule has 4 aliphatic rings. The molecule has 3 aromatic carbocycles. The number of nitrogens with one attached hydrogen (secondary N) is 1. The Morgan fingerprint density at radius 3 is 2.62 bits per heavy atom. The van der Waals surface area contributed by atoms with Crippen molar-refractivity contribution in [3.05, 3.63) is 54.6 Å². The number of piperazine rings is 1. The van der Waals surface area contributed by atoms with Crippen LogP contribution in [0.5, 0.6) is 11.8 Å². The lowest BCUT2D eigenvalue weighted by Gasteiger charge is -2.41. The Hall–Kier alpha value is -3.42. The molecular weight excluding hydrogens is 498 g/mol. The largest absolute Gasteiger partial charge is 0.508 e. The zero-order valence-corrected chi connectivity index (χ0v) is 23.0. The van der Waals surface area contributed by atoms with Gasteiger partial charge in [0.2, 0.25) is 0 Å². The average Bonchev–Trinajstić information content (AvgIpc) is 3.57. The second-order valence-electron chi connectivity index (χ2n) is 12.4. The number of aromatic nitrogens is 2. The highest BCUT2D eigenvalue weighted by molar-refractivity contribution is 6.00. The number of anilines is 1. The van der Waals surface area contributed by atoms with Crippen molar-refractivity contribution in [2.75, 3.05) is 37.7 Å². The number of aromatic hydroxyl groups is 1. The maximum atomic E-state index is 10.5. The van der Waals surface area contributed by atoms with E-state index in [4.69, 9.17) is 14.7 Å². The van der Waals surface area contributed by atoms with Gasteiger partial charge in [0.05, 0.1) is 11.1 Å². The number of ether oxygens (including phenoxy) is 1. The minimum atomic E-state index is 0.132. The van der Waals surface area contributed by atoms with Crippen LogP contribution in [-0.4, -0.2) is 70.4 Å². The smallest absolute Gasteiger partial charge is 0.319 e. The van der Waals surface area contributed by atoms with Gasteiger partial charge in [0.25, 0.3) is 0 Å². The molecule has 0 spiro atoms. The van der Waals surface area contributed by atoms with Crippen molar-refractivity contribution in [2.24, 2.45) is 0 Å². The summed E-state index contributed by atoms with van der Waals surface area (Å²) in [6.45, 7) is 4.93.